The normalized spacial score (nSPS) is 15.7. The zero-order chi connectivity index (χ0) is 21.6. The first kappa shape index (κ1) is 27.2. The predicted molar refractivity (Wildman–Crippen MR) is 106 cm³/mol. The number of unbranched alkanes of at least 4 members (excludes halogenated alkanes) is 1. The van der Waals surface area contributed by atoms with Crippen molar-refractivity contribution < 1.29 is 32.6 Å². The third-order valence-electron chi connectivity index (χ3n) is 3.65. The van der Waals surface area contributed by atoms with Crippen molar-refractivity contribution in [3.63, 3.8) is 0 Å². The fourth-order valence-electron chi connectivity index (χ4n) is 2.18. The molecule has 1 atom stereocenters. The van der Waals surface area contributed by atoms with Gasteiger partial charge in [-0.25, -0.2) is 0 Å². The van der Waals surface area contributed by atoms with E-state index in [0.29, 0.717) is 6.42 Å². The second-order valence-electron chi connectivity index (χ2n) is 6.78. The van der Waals surface area contributed by atoms with Crippen molar-refractivity contribution in [3.05, 3.63) is 47.1 Å². The number of hydrogen-bond acceptors (Lipinski definition) is 7. The Bertz CT molecular complexity index is 668. The Morgan fingerprint density at radius 2 is 1.36 bits per heavy atom. The first-order valence-electron chi connectivity index (χ1n) is 9.20. The molecular formula is C19H31O7P2-3. The van der Waals surface area contributed by atoms with Crippen molar-refractivity contribution in [1.29, 1.82) is 0 Å². The van der Waals surface area contributed by atoms with Crippen molar-refractivity contribution in [3.8, 4) is 0 Å². The van der Waals surface area contributed by atoms with Crippen LogP contribution in [0.4, 0.5) is 0 Å². The SMILES string of the molecule is CC(C)=CCC/C=C/CC/C(C)=C/CC/C(C)=C/COP(=O)([O-])OP(=O)([O-])[O-]. The summed E-state index contributed by atoms with van der Waals surface area (Å²) in [5.41, 5.74) is 3.52. The maximum absolute atomic E-state index is 11.1. The van der Waals surface area contributed by atoms with Crippen LogP contribution in [-0.2, 0) is 18.0 Å². The van der Waals surface area contributed by atoms with Gasteiger partial charge in [0.25, 0.3) is 7.82 Å². The van der Waals surface area contributed by atoms with Crippen LogP contribution in [0.15, 0.2) is 47.1 Å². The van der Waals surface area contributed by atoms with E-state index in [1.165, 1.54) is 17.2 Å². The van der Waals surface area contributed by atoms with E-state index >= 15 is 0 Å². The van der Waals surface area contributed by atoms with Crippen LogP contribution < -0.4 is 14.7 Å². The largest absolute Gasteiger partial charge is 0.790 e. The van der Waals surface area contributed by atoms with Gasteiger partial charge in [0, 0.05) is 0 Å². The Balaban J connectivity index is 4.07. The van der Waals surface area contributed by atoms with Gasteiger partial charge in [-0.2, -0.15) is 0 Å². The second kappa shape index (κ2) is 14.2. The van der Waals surface area contributed by atoms with Gasteiger partial charge >= 0.3 is 0 Å². The zero-order valence-corrected chi connectivity index (χ0v) is 18.9. The van der Waals surface area contributed by atoms with E-state index in [2.05, 4.69) is 53.9 Å². The minimum Gasteiger partial charge on any atom is -0.790 e. The molecule has 0 heterocycles. The third-order valence-corrected chi connectivity index (χ3v) is 5.72. The fraction of sp³-hybridized carbons (Fsp3) is 0.579. The lowest BCUT2D eigenvalue weighted by Crippen LogP contribution is -2.19. The van der Waals surface area contributed by atoms with Gasteiger partial charge in [0.1, 0.15) is 0 Å². The Morgan fingerprint density at radius 1 is 0.786 bits per heavy atom. The molecule has 0 bridgehead atoms. The molecule has 0 amide bonds. The number of phosphoric acid groups is 2. The molecule has 0 fully saturated rings. The first-order valence-corrected chi connectivity index (χ1v) is 12.1. The Kier molecular flexibility index (Phi) is 13.8. The lowest BCUT2D eigenvalue weighted by Gasteiger charge is -2.34. The van der Waals surface area contributed by atoms with Crippen LogP contribution >= 0.6 is 15.6 Å². The smallest absolute Gasteiger partial charge is 0.272 e. The van der Waals surface area contributed by atoms with Crippen molar-refractivity contribution in [2.45, 2.75) is 66.2 Å². The lowest BCUT2D eigenvalue weighted by molar-refractivity contribution is -0.339. The van der Waals surface area contributed by atoms with Crippen molar-refractivity contribution in [2.24, 2.45) is 0 Å². The van der Waals surface area contributed by atoms with Crippen LogP contribution in [0.3, 0.4) is 0 Å². The van der Waals surface area contributed by atoms with Gasteiger partial charge in [0.15, 0.2) is 0 Å². The molecule has 0 aliphatic heterocycles. The van der Waals surface area contributed by atoms with Crippen LogP contribution in [0.25, 0.3) is 0 Å². The summed E-state index contributed by atoms with van der Waals surface area (Å²) in [5, 5.41) is 0. The second-order valence-corrected chi connectivity index (χ2v) is 9.48. The molecule has 0 rings (SSSR count). The summed E-state index contributed by atoms with van der Waals surface area (Å²) in [7, 11) is -10.8. The summed E-state index contributed by atoms with van der Waals surface area (Å²) in [5.74, 6) is 0. The number of allylic oxidation sites excluding steroid dienone is 7. The van der Waals surface area contributed by atoms with E-state index in [0.717, 1.165) is 37.7 Å². The van der Waals surface area contributed by atoms with Crippen LogP contribution in [0.1, 0.15) is 66.2 Å². The maximum atomic E-state index is 11.1. The molecule has 0 aromatic heterocycles. The quantitative estimate of drug-likeness (QED) is 0.230. The van der Waals surface area contributed by atoms with Crippen molar-refractivity contribution >= 4 is 15.6 Å². The molecule has 0 N–H and O–H groups in total. The first-order chi connectivity index (χ1) is 12.9. The molecule has 162 valence electrons. The highest BCUT2D eigenvalue weighted by atomic mass is 31.3. The molecule has 0 aliphatic carbocycles. The highest BCUT2D eigenvalue weighted by Gasteiger charge is 2.10. The summed E-state index contributed by atoms with van der Waals surface area (Å²) in [6, 6.07) is 0. The standard InChI is InChI=1S/C19H34O7P2/c1-17(2)11-8-6-5-7-9-12-18(3)13-10-14-19(4)15-16-25-28(23,24)26-27(20,21)22/h5,7,11,13,15H,6,8-10,12,14,16H2,1-4H3,(H,23,24)(H2,20,21,22)/p-3/b7-5+,18-13+,19-15+. The minimum atomic E-state index is -5.64. The summed E-state index contributed by atoms with van der Waals surface area (Å²) < 4.78 is 29.1. The molecule has 0 radical (unpaired) electrons. The summed E-state index contributed by atoms with van der Waals surface area (Å²) in [6.07, 6.45) is 15.9. The molecule has 0 aromatic carbocycles. The molecule has 28 heavy (non-hydrogen) atoms. The molecule has 0 spiro atoms. The number of phosphoric ester groups is 1. The number of rotatable bonds is 14. The van der Waals surface area contributed by atoms with E-state index in [1.54, 1.807) is 0 Å². The maximum Gasteiger partial charge on any atom is 0.272 e. The molecule has 0 aromatic rings. The summed E-state index contributed by atoms with van der Waals surface area (Å²) in [6.45, 7) is 7.70. The van der Waals surface area contributed by atoms with Gasteiger partial charge in [-0.1, -0.05) is 47.1 Å². The average Bonchev–Trinajstić information content (AvgIpc) is 2.51. The number of hydrogen-bond donors (Lipinski definition) is 0. The Labute approximate surface area is 168 Å². The highest BCUT2D eigenvalue weighted by Crippen LogP contribution is 2.50. The molecule has 1 unspecified atom stereocenters. The summed E-state index contributed by atoms with van der Waals surface area (Å²) in [4.78, 5) is 31.7. The van der Waals surface area contributed by atoms with Gasteiger partial charge in [-0.15, -0.1) is 0 Å². The molecular weight excluding hydrogens is 402 g/mol. The van der Waals surface area contributed by atoms with E-state index in [1.807, 2.05) is 6.92 Å². The van der Waals surface area contributed by atoms with Crippen LogP contribution in [0.2, 0.25) is 0 Å². The average molecular weight is 433 g/mol. The van der Waals surface area contributed by atoms with Crippen molar-refractivity contribution in [1.82, 2.24) is 0 Å². The highest BCUT2D eigenvalue weighted by molar-refractivity contribution is 7.58. The van der Waals surface area contributed by atoms with E-state index in [-0.39, 0.29) is 6.61 Å². The Hall–Kier alpha value is -0.780. The summed E-state index contributed by atoms with van der Waals surface area (Å²) >= 11 is 0. The van der Waals surface area contributed by atoms with Gasteiger partial charge in [-0.3, -0.25) is 8.88 Å². The van der Waals surface area contributed by atoms with Gasteiger partial charge in [0.05, 0.1) is 14.4 Å². The molecule has 7 nitrogen and oxygen atoms in total. The predicted octanol–water partition coefficient (Wildman–Crippen LogP) is 4.07. The molecule has 9 heteroatoms. The van der Waals surface area contributed by atoms with Crippen molar-refractivity contribution in [2.75, 3.05) is 6.61 Å². The van der Waals surface area contributed by atoms with E-state index in [4.69, 9.17) is 0 Å². The van der Waals surface area contributed by atoms with Crippen LogP contribution in [-0.4, -0.2) is 6.61 Å². The molecule has 0 saturated heterocycles. The van der Waals surface area contributed by atoms with Crippen LogP contribution in [0.5, 0.6) is 0 Å². The van der Waals surface area contributed by atoms with E-state index < -0.39 is 15.6 Å². The zero-order valence-electron chi connectivity index (χ0n) is 17.1. The minimum absolute atomic E-state index is 0.382. The van der Waals surface area contributed by atoms with E-state index in [9.17, 15) is 23.8 Å². The molecule has 0 aliphatic rings. The third kappa shape index (κ3) is 18.6. The lowest BCUT2D eigenvalue weighted by atomic mass is 10.1. The Morgan fingerprint density at radius 3 is 1.96 bits per heavy atom. The molecule has 0 saturated carbocycles. The van der Waals surface area contributed by atoms with Gasteiger partial charge in [0.2, 0.25) is 0 Å². The van der Waals surface area contributed by atoms with Crippen LogP contribution in [0, 0.1) is 0 Å². The van der Waals surface area contributed by atoms with Gasteiger partial charge < -0.3 is 23.8 Å². The monoisotopic (exact) mass is 433 g/mol. The fourth-order valence-corrected chi connectivity index (χ4v) is 3.61. The van der Waals surface area contributed by atoms with Gasteiger partial charge in [-0.05, 0) is 66.2 Å². The topological polar surface area (TPSA) is 122 Å².